The van der Waals surface area contributed by atoms with Crippen LogP contribution < -0.4 is 5.73 Å². The van der Waals surface area contributed by atoms with Crippen molar-refractivity contribution in [2.24, 2.45) is 0 Å². The smallest absolute Gasteiger partial charge is 0.294 e. The van der Waals surface area contributed by atoms with Crippen molar-refractivity contribution in [3.8, 4) is 0 Å². The van der Waals surface area contributed by atoms with E-state index in [0.717, 1.165) is 0 Å². The number of aromatic nitrogens is 2. The van der Waals surface area contributed by atoms with Crippen LogP contribution in [-0.2, 0) is 0 Å². The summed E-state index contributed by atoms with van der Waals surface area (Å²) in [4.78, 5) is 9.85. The molecule has 1 aromatic carbocycles. The molecule has 0 aliphatic carbocycles. The van der Waals surface area contributed by atoms with Crippen LogP contribution in [0, 0.1) is 10.1 Å². The number of nitro benzene ring substituents is 1. The Bertz CT molecular complexity index is 478. The second-order valence-corrected chi connectivity index (χ2v) is 2.38. The minimum Gasteiger partial charge on any atom is -0.391 e. The highest BCUT2D eigenvalue weighted by molar-refractivity contribution is 5.90. The third kappa shape index (κ3) is 0.975. The first kappa shape index (κ1) is 7.47. The van der Waals surface area contributed by atoms with Gasteiger partial charge in [-0.05, 0) is 6.07 Å². The molecule has 13 heavy (non-hydrogen) atoms. The largest absolute Gasteiger partial charge is 0.391 e. The fraction of sp³-hybridized carbons (Fsp3) is 0. The number of fused-ring (bicyclic) bond motifs is 1. The third-order valence-electron chi connectivity index (χ3n) is 1.63. The molecular weight excluding hydrogens is 176 g/mol. The zero-order valence-corrected chi connectivity index (χ0v) is 6.30. The Balaban J connectivity index is 2.80. The van der Waals surface area contributed by atoms with Crippen LogP contribution in [0.15, 0.2) is 16.7 Å². The highest BCUT2D eigenvalue weighted by atomic mass is 16.6. The van der Waals surface area contributed by atoms with E-state index in [4.69, 9.17) is 5.73 Å². The van der Waals surface area contributed by atoms with Crippen LogP contribution in [-0.4, -0.2) is 15.3 Å². The molecule has 7 heteroatoms. The van der Waals surface area contributed by atoms with E-state index >= 15 is 0 Å². The van der Waals surface area contributed by atoms with Gasteiger partial charge in [-0.25, -0.2) is 0 Å². The highest BCUT2D eigenvalue weighted by Gasteiger charge is 2.16. The third-order valence-corrected chi connectivity index (χ3v) is 1.63. The molecule has 0 saturated heterocycles. The minimum absolute atomic E-state index is 0.0243. The van der Waals surface area contributed by atoms with Crippen molar-refractivity contribution < 1.29 is 9.45 Å². The van der Waals surface area contributed by atoms with Gasteiger partial charge in [0.1, 0.15) is 5.69 Å². The average molecular weight is 180 g/mol. The molecular formula is C6H4N4O3. The molecule has 2 N–H and O–H groups in total. The van der Waals surface area contributed by atoms with E-state index in [0.29, 0.717) is 5.58 Å². The molecule has 7 nitrogen and oxygen atoms in total. The van der Waals surface area contributed by atoms with Gasteiger partial charge in [-0.1, -0.05) is 0 Å². The number of nitrogens with two attached hydrogens (primary N) is 1. The summed E-state index contributed by atoms with van der Waals surface area (Å²) in [6.45, 7) is 0. The number of benzene rings is 1. The molecule has 0 atom stereocenters. The number of nitrogens with zero attached hydrogens (tertiary/aromatic N) is 3. The van der Waals surface area contributed by atoms with Crippen LogP contribution in [0.3, 0.4) is 0 Å². The van der Waals surface area contributed by atoms with Crippen molar-refractivity contribution >= 4 is 22.5 Å². The number of hydrogen-bond acceptors (Lipinski definition) is 6. The summed E-state index contributed by atoms with van der Waals surface area (Å²) in [5.74, 6) is 0. The number of anilines is 1. The lowest BCUT2D eigenvalue weighted by Gasteiger charge is -1.94. The van der Waals surface area contributed by atoms with E-state index in [1.165, 1.54) is 12.1 Å². The minimum atomic E-state index is -0.580. The second-order valence-electron chi connectivity index (χ2n) is 2.38. The van der Waals surface area contributed by atoms with Gasteiger partial charge in [-0.2, -0.15) is 0 Å². The van der Waals surface area contributed by atoms with Crippen molar-refractivity contribution in [3.63, 3.8) is 0 Å². The molecule has 0 aliphatic rings. The van der Waals surface area contributed by atoms with Gasteiger partial charge < -0.3 is 10.3 Å². The summed E-state index contributed by atoms with van der Waals surface area (Å²) >= 11 is 0. The topological polar surface area (TPSA) is 108 Å². The molecule has 0 aliphatic heterocycles. The van der Waals surface area contributed by atoms with Gasteiger partial charge >= 0.3 is 0 Å². The Morgan fingerprint density at radius 1 is 1.54 bits per heavy atom. The van der Waals surface area contributed by atoms with Gasteiger partial charge in [0.25, 0.3) is 5.69 Å². The molecule has 0 amide bonds. The molecule has 2 rings (SSSR count). The maximum atomic E-state index is 10.4. The van der Waals surface area contributed by atoms with Gasteiger partial charge in [0, 0.05) is 11.3 Å². The van der Waals surface area contributed by atoms with Gasteiger partial charge in [-0.3, -0.25) is 10.1 Å². The molecule has 0 bridgehead atoms. The normalized spacial score (nSPS) is 10.5. The van der Waals surface area contributed by atoms with E-state index in [9.17, 15) is 10.1 Å². The first-order valence-electron chi connectivity index (χ1n) is 3.35. The first-order chi connectivity index (χ1) is 6.20. The molecule has 0 unspecified atom stereocenters. The maximum Gasteiger partial charge on any atom is 0.294 e. The van der Waals surface area contributed by atoms with Crippen LogP contribution in [0.5, 0.6) is 0 Å². The summed E-state index contributed by atoms with van der Waals surface area (Å²) < 4.78 is 4.67. The molecule has 1 aromatic heterocycles. The fourth-order valence-corrected chi connectivity index (χ4v) is 1.02. The quantitative estimate of drug-likeness (QED) is 0.393. The van der Waals surface area contributed by atoms with Crippen molar-refractivity contribution in [1.29, 1.82) is 0 Å². The number of hydrogen-bond donors (Lipinski definition) is 1. The zero-order chi connectivity index (χ0) is 9.42. The monoisotopic (exact) mass is 180 g/mol. The number of rotatable bonds is 1. The Hall–Kier alpha value is -2.18. The van der Waals surface area contributed by atoms with E-state index in [1.54, 1.807) is 0 Å². The summed E-state index contributed by atoms with van der Waals surface area (Å²) in [6, 6.07) is 2.66. The van der Waals surface area contributed by atoms with Crippen LogP contribution >= 0.6 is 0 Å². The second kappa shape index (κ2) is 2.41. The summed E-state index contributed by atoms with van der Waals surface area (Å²) in [7, 11) is 0. The zero-order valence-electron chi connectivity index (χ0n) is 6.30. The van der Waals surface area contributed by atoms with Gasteiger partial charge in [0.05, 0.1) is 4.92 Å². The molecule has 1 heterocycles. The van der Waals surface area contributed by atoms with E-state index in [1.807, 2.05) is 0 Å². The van der Waals surface area contributed by atoms with E-state index < -0.39 is 4.92 Å². The van der Waals surface area contributed by atoms with Crippen LogP contribution in [0.1, 0.15) is 0 Å². The maximum absolute atomic E-state index is 10.4. The highest BCUT2D eigenvalue weighted by Crippen LogP contribution is 2.27. The first-order valence-corrected chi connectivity index (χ1v) is 3.35. The van der Waals surface area contributed by atoms with E-state index in [2.05, 4.69) is 14.9 Å². The van der Waals surface area contributed by atoms with Gasteiger partial charge in [0.2, 0.25) is 0 Å². The number of nitrogen functional groups attached to an aromatic ring is 1. The number of nitro groups is 1. The molecule has 0 radical (unpaired) electrons. The van der Waals surface area contributed by atoms with Crippen molar-refractivity contribution in [3.05, 3.63) is 22.2 Å². The van der Waals surface area contributed by atoms with Crippen LogP contribution in [0.4, 0.5) is 11.4 Å². The molecule has 2 aromatic rings. The van der Waals surface area contributed by atoms with E-state index in [-0.39, 0.29) is 16.9 Å². The lowest BCUT2D eigenvalue weighted by molar-refractivity contribution is -0.383. The SMILES string of the molecule is Nc1c([N+](=O)[O-])ccc2onnc12. The molecule has 0 fully saturated rings. The fourth-order valence-electron chi connectivity index (χ4n) is 1.02. The van der Waals surface area contributed by atoms with Crippen LogP contribution in [0.25, 0.3) is 11.1 Å². The summed E-state index contributed by atoms with van der Waals surface area (Å²) in [5, 5.41) is 17.2. The summed E-state index contributed by atoms with van der Waals surface area (Å²) in [5.41, 5.74) is 5.80. The standard InChI is InChI=1S/C6H4N4O3/c7-5-3(10(11)12)1-2-4-6(5)8-9-13-4/h1-2H,7H2. The van der Waals surface area contributed by atoms with Crippen molar-refractivity contribution in [2.75, 3.05) is 5.73 Å². The Kier molecular flexibility index (Phi) is 1.38. The van der Waals surface area contributed by atoms with Crippen molar-refractivity contribution in [1.82, 2.24) is 10.4 Å². The molecule has 0 spiro atoms. The van der Waals surface area contributed by atoms with Crippen molar-refractivity contribution in [2.45, 2.75) is 0 Å². The average Bonchev–Trinajstić information content (AvgIpc) is 2.52. The predicted molar refractivity (Wildman–Crippen MR) is 42.9 cm³/mol. The Morgan fingerprint density at radius 3 is 3.00 bits per heavy atom. The molecule has 66 valence electrons. The molecule has 0 saturated carbocycles. The van der Waals surface area contributed by atoms with Gasteiger partial charge in [0.15, 0.2) is 11.1 Å². The van der Waals surface area contributed by atoms with Gasteiger partial charge in [-0.15, -0.1) is 5.10 Å². The lowest BCUT2D eigenvalue weighted by atomic mass is 10.2. The summed E-state index contributed by atoms with van der Waals surface area (Å²) in [6.07, 6.45) is 0. The predicted octanol–water partition coefficient (Wildman–Crippen LogP) is 0.713. The Morgan fingerprint density at radius 2 is 2.31 bits per heavy atom. The lowest BCUT2D eigenvalue weighted by Crippen LogP contribution is -1.95. The van der Waals surface area contributed by atoms with Crippen LogP contribution in [0.2, 0.25) is 0 Å². The Labute approximate surface area is 71.3 Å².